The van der Waals surface area contributed by atoms with Crippen molar-refractivity contribution in [2.45, 2.75) is 38.1 Å². The summed E-state index contributed by atoms with van der Waals surface area (Å²) in [5.41, 5.74) is 3.20. The van der Waals surface area contributed by atoms with E-state index in [0.717, 1.165) is 73.8 Å². The lowest BCUT2D eigenvalue weighted by molar-refractivity contribution is 0.205. The second-order valence-electron chi connectivity index (χ2n) is 8.25. The molecule has 0 aliphatic carbocycles. The zero-order valence-electron chi connectivity index (χ0n) is 17.3. The standard InChI is InChI=1S/C24H24FN5O/c1-26-20-6-4-18-16-27-30(22(18)15-20)11-3-2-10-29-12-8-17(9-13-29)24-21-7-5-19(25)14-23(21)31-28-24/h4-7,14-17H,2-3,8-13H2. The number of nitrogens with zero attached hydrogens (tertiary/aromatic N) is 5. The molecule has 7 heteroatoms. The average molecular weight is 417 g/mol. The minimum Gasteiger partial charge on any atom is -0.356 e. The normalized spacial score (nSPS) is 15.6. The molecule has 6 nitrogen and oxygen atoms in total. The molecule has 31 heavy (non-hydrogen) atoms. The smallest absolute Gasteiger partial charge is 0.189 e. The van der Waals surface area contributed by atoms with Crippen molar-refractivity contribution >= 4 is 27.6 Å². The number of rotatable bonds is 6. The largest absolute Gasteiger partial charge is 0.356 e. The summed E-state index contributed by atoms with van der Waals surface area (Å²) in [6, 6.07) is 10.4. The first kappa shape index (κ1) is 19.7. The van der Waals surface area contributed by atoms with E-state index in [9.17, 15) is 4.39 Å². The zero-order valence-corrected chi connectivity index (χ0v) is 17.3. The Morgan fingerprint density at radius 2 is 1.94 bits per heavy atom. The third-order valence-corrected chi connectivity index (χ3v) is 6.29. The van der Waals surface area contributed by atoms with Crippen LogP contribution in [0.4, 0.5) is 10.1 Å². The van der Waals surface area contributed by atoms with Crippen molar-refractivity contribution in [3.05, 3.63) is 65.5 Å². The van der Waals surface area contributed by atoms with Crippen LogP contribution in [-0.4, -0.2) is 39.5 Å². The van der Waals surface area contributed by atoms with E-state index in [1.165, 1.54) is 12.1 Å². The van der Waals surface area contributed by atoms with Gasteiger partial charge in [0.15, 0.2) is 11.3 Å². The van der Waals surface area contributed by atoms with E-state index in [2.05, 4.69) is 20.0 Å². The molecule has 0 unspecified atom stereocenters. The number of unbranched alkanes of at least 4 members (excludes halogenated alkanes) is 1. The van der Waals surface area contributed by atoms with Gasteiger partial charge in [-0.2, -0.15) is 5.10 Å². The summed E-state index contributed by atoms with van der Waals surface area (Å²) in [6.07, 6.45) is 6.12. The number of aromatic nitrogens is 3. The summed E-state index contributed by atoms with van der Waals surface area (Å²) in [4.78, 5) is 6.03. The van der Waals surface area contributed by atoms with Gasteiger partial charge in [0, 0.05) is 29.3 Å². The minimum absolute atomic E-state index is 0.292. The van der Waals surface area contributed by atoms with Crippen molar-refractivity contribution in [3.63, 3.8) is 0 Å². The van der Waals surface area contributed by atoms with Crippen LogP contribution in [0.1, 0.15) is 37.3 Å². The summed E-state index contributed by atoms with van der Waals surface area (Å²) in [5.74, 6) is 0.0787. The molecular formula is C24H24FN5O. The van der Waals surface area contributed by atoms with Gasteiger partial charge in [0.25, 0.3) is 0 Å². The number of benzene rings is 2. The third-order valence-electron chi connectivity index (χ3n) is 6.29. The number of hydrogen-bond acceptors (Lipinski definition) is 4. The summed E-state index contributed by atoms with van der Waals surface area (Å²) in [5, 5.41) is 10.7. The van der Waals surface area contributed by atoms with Gasteiger partial charge in [-0.3, -0.25) is 4.68 Å². The second kappa shape index (κ2) is 8.48. The number of likely N-dealkylation sites (tertiary alicyclic amines) is 1. The average Bonchev–Trinajstić information content (AvgIpc) is 3.40. The molecule has 3 heterocycles. The van der Waals surface area contributed by atoms with E-state index in [4.69, 9.17) is 11.1 Å². The zero-order chi connectivity index (χ0) is 21.2. The molecule has 0 saturated carbocycles. The lowest BCUT2D eigenvalue weighted by atomic mass is 9.91. The van der Waals surface area contributed by atoms with E-state index in [0.29, 0.717) is 17.2 Å². The van der Waals surface area contributed by atoms with E-state index in [-0.39, 0.29) is 5.82 Å². The van der Waals surface area contributed by atoms with Gasteiger partial charge in [0.05, 0.1) is 24.0 Å². The van der Waals surface area contributed by atoms with Gasteiger partial charge in [-0.05, 0) is 63.5 Å². The van der Waals surface area contributed by atoms with Crippen LogP contribution in [0.25, 0.3) is 26.7 Å². The Morgan fingerprint density at radius 1 is 1.10 bits per heavy atom. The maximum absolute atomic E-state index is 13.4. The first-order valence-electron chi connectivity index (χ1n) is 10.8. The predicted molar refractivity (Wildman–Crippen MR) is 118 cm³/mol. The second-order valence-corrected chi connectivity index (χ2v) is 8.25. The molecule has 1 saturated heterocycles. The van der Waals surface area contributed by atoms with Crippen LogP contribution >= 0.6 is 0 Å². The first-order chi connectivity index (χ1) is 15.2. The molecule has 5 rings (SSSR count). The molecule has 0 amide bonds. The van der Waals surface area contributed by atoms with Crippen molar-refractivity contribution in [3.8, 4) is 0 Å². The van der Waals surface area contributed by atoms with Gasteiger partial charge >= 0.3 is 0 Å². The number of hydrogen-bond donors (Lipinski definition) is 0. The van der Waals surface area contributed by atoms with Crippen LogP contribution in [-0.2, 0) is 6.54 Å². The Bertz CT molecular complexity index is 1250. The van der Waals surface area contributed by atoms with Crippen LogP contribution in [0, 0.1) is 12.4 Å². The molecule has 0 atom stereocenters. The lowest BCUT2D eigenvalue weighted by Crippen LogP contribution is -2.33. The number of fused-ring (bicyclic) bond motifs is 2. The molecule has 1 aliphatic rings. The Labute approximate surface area is 180 Å². The van der Waals surface area contributed by atoms with Gasteiger partial charge in [-0.25, -0.2) is 9.24 Å². The van der Waals surface area contributed by atoms with Gasteiger partial charge in [-0.1, -0.05) is 17.3 Å². The number of aryl methyl sites for hydroxylation is 1. The lowest BCUT2D eigenvalue weighted by Gasteiger charge is -2.31. The van der Waals surface area contributed by atoms with Crippen molar-refractivity contribution in [2.24, 2.45) is 0 Å². The fourth-order valence-corrected chi connectivity index (χ4v) is 4.56. The van der Waals surface area contributed by atoms with E-state index in [1.54, 1.807) is 6.07 Å². The Kier molecular flexibility index (Phi) is 5.39. The van der Waals surface area contributed by atoms with Gasteiger partial charge in [-0.15, -0.1) is 0 Å². The third kappa shape index (κ3) is 4.04. The Balaban J connectivity index is 1.11. The van der Waals surface area contributed by atoms with Gasteiger partial charge < -0.3 is 9.42 Å². The van der Waals surface area contributed by atoms with E-state index < -0.39 is 0 Å². The van der Waals surface area contributed by atoms with Gasteiger partial charge in [0.1, 0.15) is 5.82 Å². The van der Waals surface area contributed by atoms with Crippen molar-refractivity contribution in [1.29, 1.82) is 0 Å². The highest BCUT2D eigenvalue weighted by Gasteiger charge is 2.24. The molecule has 0 N–H and O–H groups in total. The highest BCUT2D eigenvalue weighted by Crippen LogP contribution is 2.32. The minimum atomic E-state index is -0.292. The number of halogens is 1. The topological polar surface area (TPSA) is 51.5 Å². The molecular weight excluding hydrogens is 393 g/mol. The maximum Gasteiger partial charge on any atom is 0.189 e. The van der Waals surface area contributed by atoms with E-state index in [1.807, 2.05) is 29.1 Å². The van der Waals surface area contributed by atoms with E-state index >= 15 is 0 Å². The molecule has 2 aromatic carbocycles. The Hall–Kier alpha value is -3.24. The summed E-state index contributed by atoms with van der Waals surface area (Å²) in [7, 11) is 0. The molecule has 0 bridgehead atoms. The van der Waals surface area contributed by atoms with Crippen LogP contribution in [0.2, 0.25) is 0 Å². The first-order valence-corrected chi connectivity index (χ1v) is 10.8. The highest BCUT2D eigenvalue weighted by molar-refractivity contribution is 5.82. The molecule has 0 spiro atoms. The van der Waals surface area contributed by atoms with Crippen LogP contribution < -0.4 is 0 Å². The van der Waals surface area contributed by atoms with Crippen molar-refractivity contribution in [1.82, 2.24) is 19.8 Å². The molecule has 0 radical (unpaired) electrons. The molecule has 1 aliphatic heterocycles. The monoisotopic (exact) mass is 417 g/mol. The predicted octanol–water partition coefficient (Wildman–Crippen LogP) is 5.53. The molecule has 158 valence electrons. The molecule has 1 fully saturated rings. The summed E-state index contributed by atoms with van der Waals surface area (Å²) < 4.78 is 20.7. The van der Waals surface area contributed by atoms with Crippen molar-refractivity contribution in [2.75, 3.05) is 19.6 Å². The Morgan fingerprint density at radius 3 is 2.77 bits per heavy atom. The maximum atomic E-state index is 13.4. The fourth-order valence-electron chi connectivity index (χ4n) is 4.56. The van der Waals surface area contributed by atoms with Crippen LogP contribution in [0.3, 0.4) is 0 Å². The highest BCUT2D eigenvalue weighted by atomic mass is 19.1. The van der Waals surface area contributed by atoms with Gasteiger partial charge in [0.2, 0.25) is 0 Å². The fraction of sp³-hybridized carbons (Fsp3) is 0.375. The summed E-state index contributed by atoms with van der Waals surface area (Å²) >= 11 is 0. The molecule has 2 aromatic heterocycles. The quantitative estimate of drug-likeness (QED) is 0.306. The van der Waals surface area contributed by atoms with Crippen LogP contribution in [0.5, 0.6) is 0 Å². The molecule has 4 aromatic rings. The SMILES string of the molecule is [C-]#[N+]c1ccc2cnn(CCCCN3CCC(c4noc5cc(F)ccc45)CC3)c2c1. The summed E-state index contributed by atoms with van der Waals surface area (Å²) in [6.45, 7) is 11.2. The van der Waals surface area contributed by atoms with Crippen LogP contribution in [0.15, 0.2) is 47.1 Å². The number of piperidine rings is 1. The van der Waals surface area contributed by atoms with Crippen molar-refractivity contribution < 1.29 is 8.91 Å².